The van der Waals surface area contributed by atoms with E-state index in [0.29, 0.717) is 10.4 Å². The maximum Gasteiger partial charge on any atom is 0.374 e. The van der Waals surface area contributed by atoms with Crippen LogP contribution in [0, 0.1) is 25.2 Å². The number of hydrogen-bond acceptors (Lipinski definition) is 5. The van der Waals surface area contributed by atoms with Crippen LogP contribution in [0.4, 0.5) is 5.69 Å². The van der Waals surface area contributed by atoms with Gasteiger partial charge in [-0.15, -0.1) is 0 Å². The highest BCUT2D eigenvalue weighted by atomic mass is 79.9. The summed E-state index contributed by atoms with van der Waals surface area (Å²) in [4.78, 5) is 25.8. The first-order valence-electron chi connectivity index (χ1n) is 7.59. The third-order valence-corrected chi connectivity index (χ3v) is 3.79. The molecule has 1 amide bonds. The summed E-state index contributed by atoms with van der Waals surface area (Å²) >= 11 is 3.10. The van der Waals surface area contributed by atoms with E-state index in [2.05, 4.69) is 15.9 Å². The Morgan fingerprint density at radius 1 is 1.24 bits per heavy atom. The molecule has 0 fully saturated rings. The number of nitriles is 1. The third-order valence-electron chi connectivity index (χ3n) is 3.37. The molecule has 1 heterocycles. The van der Waals surface area contributed by atoms with Crippen LogP contribution in [-0.4, -0.2) is 25.0 Å². The number of carbonyl (C=O) groups is 2. The van der Waals surface area contributed by atoms with Gasteiger partial charge in [0.2, 0.25) is 5.76 Å². The van der Waals surface area contributed by atoms with Gasteiger partial charge in [-0.1, -0.05) is 6.07 Å². The number of amides is 1. The van der Waals surface area contributed by atoms with Crippen molar-refractivity contribution in [1.82, 2.24) is 0 Å². The number of rotatable bonds is 6. The molecular formula is C18H17BrN2O4. The number of aryl methyl sites for hydroxylation is 2. The second kappa shape index (κ2) is 8.49. The van der Waals surface area contributed by atoms with Gasteiger partial charge in [0.05, 0.1) is 12.5 Å². The standard InChI is InChI=1S/C18H17BrN2O4/c1-12-8-13(2)10-14(9-12)21(7-3-6-20)17(22)11-24-18(23)15-4-5-16(19)25-15/h4-5,8-10H,3,7,11H2,1-2H3. The van der Waals surface area contributed by atoms with E-state index in [9.17, 15) is 9.59 Å². The van der Waals surface area contributed by atoms with E-state index in [0.717, 1.165) is 11.1 Å². The molecule has 0 aliphatic rings. The summed E-state index contributed by atoms with van der Waals surface area (Å²) in [5.74, 6) is -1.12. The fourth-order valence-electron chi connectivity index (χ4n) is 2.37. The molecule has 2 rings (SSSR count). The average Bonchev–Trinajstić information content (AvgIpc) is 2.98. The van der Waals surface area contributed by atoms with Gasteiger partial charge in [0, 0.05) is 12.2 Å². The van der Waals surface area contributed by atoms with E-state index in [1.54, 1.807) is 6.07 Å². The molecule has 0 spiro atoms. The molecule has 2 aromatic rings. The molecule has 0 bridgehead atoms. The molecule has 0 saturated heterocycles. The Labute approximate surface area is 154 Å². The van der Waals surface area contributed by atoms with Crippen molar-refractivity contribution in [2.75, 3.05) is 18.1 Å². The summed E-state index contributed by atoms with van der Waals surface area (Å²) in [6.07, 6.45) is 0.178. The van der Waals surface area contributed by atoms with Crippen LogP contribution >= 0.6 is 15.9 Å². The maximum atomic E-state index is 12.5. The zero-order valence-electron chi connectivity index (χ0n) is 13.9. The zero-order chi connectivity index (χ0) is 18.4. The predicted molar refractivity (Wildman–Crippen MR) is 95.2 cm³/mol. The average molecular weight is 405 g/mol. The number of hydrogen-bond donors (Lipinski definition) is 0. The van der Waals surface area contributed by atoms with Crippen LogP contribution in [0.2, 0.25) is 0 Å². The van der Waals surface area contributed by atoms with Crippen LogP contribution in [-0.2, 0) is 9.53 Å². The summed E-state index contributed by atoms with van der Waals surface area (Å²) in [5.41, 5.74) is 2.68. The first kappa shape index (κ1) is 18.7. The summed E-state index contributed by atoms with van der Waals surface area (Å²) in [5, 5.41) is 8.83. The van der Waals surface area contributed by atoms with Gasteiger partial charge in [0.1, 0.15) is 0 Å². The highest BCUT2D eigenvalue weighted by molar-refractivity contribution is 9.10. The minimum atomic E-state index is -0.722. The van der Waals surface area contributed by atoms with Crippen molar-refractivity contribution in [3.8, 4) is 6.07 Å². The van der Waals surface area contributed by atoms with E-state index in [4.69, 9.17) is 14.4 Å². The van der Waals surface area contributed by atoms with Crippen molar-refractivity contribution >= 4 is 33.5 Å². The van der Waals surface area contributed by atoms with Crippen LogP contribution in [0.5, 0.6) is 0 Å². The molecule has 0 radical (unpaired) electrons. The molecule has 0 N–H and O–H groups in total. The minimum Gasteiger partial charge on any atom is -0.450 e. The Bertz CT molecular complexity index is 802. The smallest absolute Gasteiger partial charge is 0.374 e. The quantitative estimate of drug-likeness (QED) is 0.684. The number of anilines is 1. The summed E-state index contributed by atoms with van der Waals surface area (Å²) in [6, 6.07) is 10.7. The number of nitrogens with zero attached hydrogens (tertiary/aromatic N) is 2. The van der Waals surface area contributed by atoms with Crippen molar-refractivity contribution in [1.29, 1.82) is 5.26 Å². The molecule has 130 valence electrons. The Morgan fingerprint density at radius 2 is 1.92 bits per heavy atom. The summed E-state index contributed by atoms with van der Waals surface area (Å²) in [6.45, 7) is 3.65. The SMILES string of the molecule is Cc1cc(C)cc(N(CCC#N)C(=O)COC(=O)c2ccc(Br)o2)c1. The van der Waals surface area contributed by atoms with Crippen molar-refractivity contribution in [3.05, 3.63) is 51.9 Å². The molecule has 0 saturated carbocycles. The number of ether oxygens (including phenoxy) is 1. The van der Waals surface area contributed by atoms with Gasteiger partial charge < -0.3 is 14.1 Å². The number of benzene rings is 1. The van der Waals surface area contributed by atoms with Crippen molar-refractivity contribution in [2.45, 2.75) is 20.3 Å². The van der Waals surface area contributed by atoms with E-state index < -0.39 is 18.5 Å². The second-order valence-electron chi connectivity index (χ2n) is 5.48. The molecule has 0 atom stereocenters. The van der Waals surface area contributed by atoms with E-state index in [1.165, 1.54) is 11.0 Å². The van der Waals surface area contributed by atoms with Gasteiger partial charge in [-0.25, -0.2) is 4.79 Å². The second-order valence-corrected chi connectivity index (χ2v) is 6.26. The molecule has 0 aliphatic heterocycles. The fraction of sp³-hybridized carbons (Fsp3) is 0.278. The van der Waals surface area contributed by atoms with Crippen LogP contribution < -0.4 is 4.90 Å². The molecule has 25 heavy (non-hydrogen) atoms. The third kappa shape index (κ3) is 5.19. The normalized spacial score (nSPS) is 10.2. The highest BCUT2D eigenvalue weighted by Crippen LogP contribution is 2.20. The lowest BCUT2D eigenvalue weighted by Gasteiger charge is -2.22. The van der Waals surface area contributed by atoms with Crippen LogP contribution in [0.25, 0.3) is 0 Å². The molecule has 0 aliphatic carbocycles. The van der Waals surface area contributed by atoms with E-state index >= 15 is 0 Å². The van der Waals surface area contributed by atoms with Gasteiger partial charge in [0.15, 0.2) is 11.3 Å². The first-order chi connectivity index (χ1) is 11.9. The fourth-order valence-corrected chi connectivity index (χ4v) is 2.67. The zero-order valence-corrected chi connectivity index (χ0v) is 15.5. The van der Waals surface area contributed by atoms with Gasteiger partial charge in [-0.3, -0.25) is 4.79 Å². The lowest BCUT2D eigenvalue weighted by atomic mass is 10.1. The van der Waals surface area contributed by atoms with Crippen molar-refractivity contribution < 1.29 is 18.7 Å². The van der Waals surface area contributed by atoms with Crippen LogP contribution in [0.1, 0.15) is 28.1 Å². The van der Waals surface area contributed by atoms with Crippen LogP contribution in [0.15, 0.2) is 39.4 Å². The van der Waals surface area contributed by atoms with Gasteiger partial charge in [-0.05, 0) is 65.2 Å². The molecule has 7 heteroatoms. The van der Waals surface area contributed by atoms with E-state index in [1.807, 2.05) is 38.1 Å². The van der Waals surface area contributed by atoms with E-state index in [-0.39, 0.29) is 18.7 Å². The Morgan fingerprint density at radius 3 is 2.48 bits per heavy atom. The van der Waals surface area contributed by atoms with Gasteiger partial charge >= 0.3 is 5.97 Å². The molecule has 1 aromatic heterocycles. The van der Waals surface area contributed by atoms with Crippen molar-refractivity contribution in [3.63, 3.8) is 0 Å². The minimum absolute atomic E-state index is 0.00894. The number of halogens is 1. The van der Waals surface area contributed by atoms with Gasteiger partial charge in [0.25, 0.3) is 5.91 Å². The highest BCUT2D eigenvalue weighted by Gasteiger charge is 2.20. The maximum absolute atomic E-state index is 12.5. The Hall–Kier alpha value is -2.59. The number of furan rings is 1. The summed E-state index contributed by atoms with van der Waals surface area (Å²) < 4.78 is 10.5. The lowest BCUT2D eigenvalue weighted by Crippen LogP contribution is -2.35. The van der Waals surface area contributed by atoms with Gasteiger partial charge in [-0.2, -0.15) is 5.26 Å². The predicted octanol–water partition coefficient (Wildman–Crippen LogP) is 3.76. The monoisotopic (exact) mass is 404 g/mol. The number of carbonyl (C=O) groups excluding carboxylic acids is 2. The number of esters is 1. The van der Waals surface area contributed by atoms with Crippen LogP contribution in [0.3, 0.4) is 0 Å². The van der Waals surface area contributed by atoms with Crippen molar-refractivity contribution in [2.24, 2.45) is 0 Å². The topological polar surface area (TPSA) is 83.5 Å². The molecule has 6 nitrogen and oxygen atoms in total. The largest absolute Gasteiger partial charge is 0.450 e. The first-order valence-corrected chi connectivity index (χ1v) is 8.38. The summed E-state index contributed by atoms with van der Waals surface area (Å²) in [7, 11) is 0. The molecule has 0 unspecified atom stereocenters. The lowest BCUT2D eigenvalue weighted by molar-refractivity contribution is -0.121. The Balaban J connectivity index is 2.10. The Kier molecular flexibility index (Phi) is 6.37. The molecular weight excluding hydrogens is 388 g/mol. The molecule has 1 aromatic carbocycles.